The molecule has 1 heterocycles. The zero-order valence-electron chi connectivity index (χ0n) is 18.7. The Morgan fingerprint density at radius 1 is 1.06 bits per heavy atom. The van der Waals surface area contributed by atoms with Crippen LogP contribution in [-0.2, 0) is 15.4 Å². The van der Waals surface area contributed by atoms with E-state index in [9.17, 15) is 8.42 Å². The van der Waals surface area contributed by atoms with Gasteiger partial charge in [0.15, 0.2) is 0 Å². The van der Waals surface area contributed by atoms with E-state index in [1.54, 1.807) is 12.1 Å². The van der Waals surface area contributed by atoms with Crippen molar-refractivity contribution in [1.29, 1.82) is 0 Å². The van der Waals surface area contributed by atoms with Crippen LogP contribution < -0.4 is 0 Å². The Morgan fingerprint density at radius 2 is 1.77 bits per heavy atom. The van der Waals surface area contributed by atoms with E-state index < -0.39 is 10.0 Å². The van der Waals surface area contributed by atoms with Crippen molar-refractivity contribution in [2.24, 2.45) is 5.41 Å². The van der Waals surface area contributed by atoms with Gasteiger partial charge >= 0.3 is 0 Å². The number of hydrogen-bond acceptors (Lipinski definition) is 2. The molecule has 0 amide bonds. The Bertz CT molecular complexity index is 1370. The maximum Gasteiger partial charge on any atom is 0.268 e. The van der Waals surface area contributed by atoms with Crippen LogP contribution in [0, 0.1) is 12.3 Å². The lowest BCUT2D eigenvalue weighted by atomic mass is 9.61. The zero-order valence-corrected chi connectivity index (χ0v) is 19.5. The summed E-state index contributed by atoms with van der Waals surface area (Å²) >= 11 is 0. The Hall–Kier alpha value is -2.59. The van der Waals surface area contributed by atoms with Gasteiger partial charge in [0.1, 0.15) is 0 Å². The van der Waals surface area contributed by atoms with Crippen LogP contribution in [0.2, 0.25) is 0 Å². The van der Waals surface area contributed by atoms with Crippen molar-refractivity contribution in [3.05, 3.63) is 83.6 Å². The molecule has 0 saturated heterocycles. The number of nitrogens with zero attached hydrogens (tertiary/aromatic N) is 1. The molecule has 1 atom stereocenters. The lowest BCUT2D eigenvalue weighted by Crippen LogP contribution is -2.30. The first-order valence-corrected chi connectivity index (χ1v) is 12.4. The van der Waals surface area contributed by atoms with Crippen molar-refractivity contribution >= 4 is 26.5 Å². The second kappa shape index (κ2) is 6.46. The minimum absolute atomic E-state index is 0.0332. The second-order valence-electron chi connectivity index (χ2n) is 9.97. The van der Waals surface area contributed by atoms with Crippen LogP contribution in [0.5, 0.6) is 0 Å². The van der Waals surface area contributed by atoms with Crippen LogP contribution in [0.3, 0.4) is 0 Å². The first-order chi connectivity index (χ1) is 14.6. The summed E-state index contributed by atoms with van der Waals surface area (Å²) in [5.41, 5.74) is 6.76. The van der Waals surface area contributed by atoms with Crippen molar-refractivity contribution in [2.45, 2.75) is 57.3 Å². The van der Waals surface area contributed by atoms with E-state index in [0.717, 1.165) is 41.3 Å². The van der Waals surface area contributed by atoms with Gasteiger partial charge in [-0.1, -0.05) is 62.2 Å². The molecule has 0 fully saturated rings. The number of aromatic nitrogens is 1. The molecule has 2 aliphatic carbocycles. The van der Waals surface area contributed by atoms with Gasteiger partial charge in [-0.3, -0.25) is 0 Å². The summed E-state index contributed by atoms with van der Waals surface area (Å²) in [6, 6.07) is 13.2. The Kier molecular flexibility index (Phi) is 4.23. The molecule has 3 nitrogen and oxygen atoms in total. The SMILES string of the molecule is C=CC1(C)CCC2=C(C1)c1cn(S(=O)(=O)c3ccc(C)cc3)c3cccc(c13)C2(C)C. The highest BCUT2D eigenvalue weighted by atomic mass is 32.2. The summed E-state index contributed by atoms with van der Waals surface area (Å²) in [5.74, 6) is 0. The molecular weight excluding hydrogens is 402 g/mol. The first kappa shape index (κ1) is 20.3. The van der Waals surface area contributed by atoms with Crippen LogP contribution in [0.1, 0.15) is 56.7 Å². The maximum absolute atomic E-state index is 13.7. The predicted octanol–water partition coefficient (Wildman–Crippen LogP) is 6.61. The van der Waals surface area contributed by atoms with Gasteiger partial charge < -0.3 is 0 Å². The highest BCUT2D eigenvalue weighted by Crippen LogP contribution is 2.55. The predicted molar refractivity (Wildman–Crippen MR) is 128 cm³/mol. The molecule has 0 aliphatic heterocycles. The van der Waals surface area contributed by atoms with Crippen LogP contribution in [-0.4, -0.2) is 12.4 Å². The maximum atomic E-state index is 13.7. The van der Waals surface area contributed by atoms with Crippen molar-refractivity contribution in [1.82, 2.24) is 3.97 Å². The molecule has 0 spiro atoms. The minimum Gasteiger partial charge on any atom is -0.241 e. The summed E-state index contributed by atoms with van der Waals surface area (Å²) in [6.45, 7) is 12.9. The van der Waals surface area contributed by atoms with Crippen LogP contribution in [0.25, 0.3) is 16.5 Å². The summed E-state index contributed by atoms with van der Waals surface area (Å²) in [6.07, 6.45) is 6.92. The van der Waals surface area contributed by atoms with E-state index in [4.69, 9.17) is 0 Å². The normalized spacial score (nSPS) is 22.5. The van der Waals surface area contributed by atoms with Crippen LogP contribution in [0.15, 0.2) is 71.8 Å². The van der Waals surface area contributed by atoms with Crippen LogP contribution >= 0.6 is 0 Å². The number of aryl methyl sites for hydroxylation is 1. The highest BCUT2D eigenvalue weighted by molar-refractivity contribution is 7.90. The van der Waals surface area contributed by atoms with Gasteiger partial charge in [-0.2, -0.15) is 0 Å². The van der Waals surface area contributed by atoms with E-state index in [1.165, 1.54) is 20.7 Å². The molecule has 1 unspecified atom stereocenters. The van der Waals surface area contributed by atoms with Gasteiger partial charge in [0.05, 0.1) is 10.4 Å². The van der Waals surface area contributed by atoms with E-state index >= 15 is 0 Å². The van der Waals surface area contributed by atoms with Crippen molar-refractivity contribution in [3.63, 3.8) is 0 Å². The number of fused-ring (bicyclic) bond motifs is 1. The fourth-order valence-electron chi connectivity index (χ4n) is 5.48. The highest BCUT2D eigenvalue weighted by Gasteiger charge is 2.42. The standard InChI is InChI=1S/C27H29NO2S/c1-6-27(5)15-14-22-20(16-27)21-17-28(31(29,30)19-12-10-18(2)11-13-19)24-9-7-8-23(25(21)24)26(22,3)4/h6-13,17H,1,14-16H2,2-5H3. The van der Waals surface area contributed by atoms with Gasteiger partial charge in [0, 0.05) is 22.6 Å². The van der Waals surface area contributed by atoms with Crippen molar-refractivity contribution in [2.75, 3.05) is 0 Å². The van der Waals surface area contributed by atoms with Crippen LogP contribution in [0.4, 0.5) is 0 Å². The topological polar surface area (TPSA) is 39.1 Å². The molecule has 0 bridgehead atoms. The van der Waals surface area contributed by atoms with E-state index in [0.29, 0.717) is 4.90 Å². The fourth-order valence-corrected chi connectivity index (χ4v) is 6.84. The van der Waals surface area contributed by atoms with Crippen molar-refractivity contribution < 1.29 is 8.42 Å². The third-order valence-electron chi connectivity index (χ3n) is 7.51. The number of rotatable bonds is 3. The van der Waals surface area contributed by atoms with Gasteiger partial charge in [-0.15, -0.1) is 6.58 Å². The molecule has 2 aliphatic rings. The van der Waals surface area contributed by atoms with E-state index in [-0.39, 0.29) is 10.8 Å². The lowest BCUT2D eigenvalue weighted by Gasteiger charge is -2.43. The first-order valence-electron chi connectivity index (χ1n) is 10.9. The molecule has 31 heavy (non-hydrogen) atoms. The molecule has 0 radical (unpaired) electrons. The monoisotopic (exact) mass is 431 g/mol. The number of allylic oxidation sites excluding steroid dienone is 3. The van der Waals surface area contributed by atoms with E-state index in [2.05, 4.69) is 39.5 Å². The van der Waals surface area contributed by atoms with Gasteiger partial charge in [0.25, 0.3) is 10.0 Å². The molecule has 2 aromatic carbocycles. The molecule has 4 heteroatoms. The third-order valence-corrected chi connectivity index (χ3v) is 9.20. The quantitative estimate of drug-likeness (QED) is 0.438. The number of benzene rings is 2. The van der Waals surface area contributed by atoms with Gasteiger partial charge in [-0.05, 0) is 60.9 Å². The summed E-state index contributed by atoms with van der Waals surface area (Å²) < 4.78 is 28.8. The fraction of sp³-hybridized carbons (Fsp3) is 0.333. The largest absolute Gasteiger partial charge is 0.268 e. The molecule has 1 aromatic heterocycles. The molecule has 0 N–H and O–H groups in total. The average molecular weight is 432 g/mol. The smallest absolute Gasteiger partial charge is 0.241 e. The summed E-state index contributed by atoms with van der Waals surface area (Å²) in [4.78, 5) is 0.319. The minimum atomic E-state index is -3.70. The lowest BCUT2D eigenvalue weighted by molar-refractivity contribution is 0.370. The average Bonchev–Trinajstić information content (AvgIpc) is 3.14. The Labute approximate surface area is 185 Å². The zero-order chi connectivity index (χ0) is 22.2. The molecule has 0 saturated carbocycles. The van der Waals surface area contributed by atoms with Gasteiger partial charge in [0.2, 0.25) is 0 Å². The summed E-state index contributed by atoms with van der Waals surface area (Å²) in [7, 11) is -3.70. The molecule has 3 aromatic rings. The second-order valence-corrected chi connectivity index (χ2v) is 11.8. The van der Waals surface area contributed by atoms with Gasteiger partial charge in [-0.25, -0.2) is 12.4 Å². The van der Waals surface area contributed by atoms with Crippen molar-refractivity contribution in [3.8, 4) is 0 Å². The summed E-state index contributed by atoms with van der Waals surface area (Å²) in [5, 5.41) is 1.08. The third kappa shape index (κ3) is 2.81. The number of hydrogen-bond donors (Lipinski definition) is 0. The molecule has 5 rings (SSSR count). The Balaban J connectivity index is 1.81. The van der Waals surface area contributed by atoms with E-state index in [1.807, 2.05) is 37.4 Å². The molecular formula is C27H29NO2S. The Morgan fingerprint density at radius 3 is 2.45 bits per heavy atom. The molecule has 160 valence electrons.